The number of aromatic nitrogens is 2. The lowest BCUT2D eigenvalue weighted by Gasteiger charge is -2.10. The molecule has 7 nitrogen and oxygen atoms in total. The molecule has 5 rings (SSSR count). The minimum Gasteiger partial charge on any atom is -0.506 e. The minimum atomic E-state index is -0.0949. The first-order chi connectivity index (χ1) is 15.6. The Morgan fingerprint density at radius 1 is 1.03 bits per heavy atom. The fourth-order valence-electron chi connectivity index (χ4n) is 3.44. The Balaban J connectivity index is 1.69. The van der Waals surface area contributed by atoms with Crippen LogP contribution in [0.3, 0.4) is 0 Å². The van der Waals surface area contributed by atoms with E-state index in [-0.39, 0.29) is 11.7 Å². The average molecular weight is 460 g/mol. The Bertz CT molecular complexity index is 1380. The van der Waals surface area contributed by atoms with Crippen molar-refractivity contribution >= 4 is 50.1 Å². The molecule has 0 atom stereocenters. The predicted molar refractivity (Wildman–Crippen MR) is 130 cm³/mol. The number of thiophene rings is 1. The molecule has 1 amide bonds. The SMILES string of the molecule is CC(=NN=C1NC(=O)CS1)c1sc2nnc(-c3ccccc3)c(-c3ccccc3)c2c1O. The van der Waals surface area contributed by atoms with Gasteiger partial charge in [0.1, 0.15) is 11.4 Å². The number of aromatic hydroxyl groups is 1. The van der Waals surface area contributed by atoms with Crippen LogP contribution in [0.4, 0.5) is 0 Å². The van der Waals surface area contributed by atoms with Gasteiger partial charge in [-0.15, -0.1) is 26.6 Å². The van der Waals surface area contributed by atoms with E-state index in [1.165, 1.54) is 23.1 Å². The Labute approximate surface area is 191 Å². The number of benzene rings is 2. The zero-order chi connectivity index (χ0) is 22.1. The van der Waals surface area contributed by atoms with E-state index in [0.29, 0.717) is 37.4 Å². The highest BCUT2D eigenvalue weighted by molar-refractivity contribution is 8.15. The van der Waals surface area contributed by atoms with Gasteiger partial charge in [-0.05, 0) is 12.5 Å². The van der Waals surface area contributed by atoms with Crippen LogP contribution in [0.2, 0.25) is 0 Å². The number of hydrogen-bond acceptors (Lipinski definition) is 8. The van der Waals surface area contributed by atoms with E-state index in [2.05, 4.69) is 25.7 Å². The molecule has 1 fully saturated rings. The number of fused-ring (bicyclic) bond motifs is 1. The number of carbonyl (C=O) groups is 1. The van der Waals surface area contributed by atoms with Crippen molar-refractivity contribution in [2.24, 2.45) is 10.2 Å². The lowest BCUT2D eigenvalue weighted by Crippen LogP contribution is -2.19. The maximum Gasteiger partial charge on any atom is 0.236 e. The van der Waals surface area contributed by atoms with Crippen molar-refractivity contribution in [3.63, 3.8) is 0 Å². The first-order valence-electron chi connectivity index (χ1n) is 9.80. The van der Waals surface area contributed by atoms with Gasteiger partial charge in [-0.3, -0.25) is 4.79 Å². The average Bonchev–Trinajstić information content (AvgIpc) is 3.41. The number of amidine groups is 1. The summed E-state index contributed by atoms with van der Waals surface area (Å²) in [5.74, 6) is 0.336. The van der Waals surface area contributed by atoms with Crippen molar-refractivity contribution in [2.75, 3.05) is 5.75 Å². The lowest BCUT2D eigenvalue weighted by atomic mass is 9.97. The Hall–Kier alpha value is -3.56. The van der Waals surface area contributed by atoms with Crippen LogP contribution < -0.4 is 5.32 Å². The van der Waals surface area contributed by atoms with Gasteiger partial charge in [0.25, 0.3) is 0 Å². The van der Waals surface area contributed by atoms with E-state index in [1.807, 2.05) is 60.7 Å². The summed E-state index contributed by atoms with van der Waals surface area (Å²) in [6.07, 6.45) is 0. The predicted octanol–water partition coefficient (Wildman–Crippen LogP) is 4.67. The third kappa shape index (κ3) is 3.76. The highest BCUT2D eigenvalue weighted by atomic mass is 32.2. The molecule has 0 aliphatic carbocycles. The van der Waals surface area contributed by atoms with Crippen molar-refractivity contribution in [1.29, 1.82) is 0 Å². The standard InChI is InChI=1S/C23H17N5O2S2/c1-13(25-28-23-24-16(29)12-31-23)21-20(30)18-17(14-8-4-2-5-9-14)19(26-27-22(18)32-21)15-10-6-3-7-11-15/h2-11,30H,12H2,1H3,(H,24,28,29). The Kier molecular flexibility index (Phi) is 5.42. The van der Waals surface area contributed by atoms with Crippen molar-refractivity contribution in [3.8, 4) is 28.1 Å². The summed E-state index contributed by atoms with van der Waals surface area (Å²) in [6.45, 7) is 1.77. The van der Waals surface area contributed by atoms with Crippen LogP contribution >= 0.6 is 23.1 Å². The van der Waals surface area contributed by atoms with E-state index in [9.17, 15) is 9.90 Å². The monoisotopic (exact) mass is 459 g/mol. The molecule has 1 saturated heterocycles. The number of hydrogen-bond donors (Lipinski definition) is 2. The van der Waals surface area contributed by atoms with Crippen LogP contribution in [0, 0.1) is 0 Å². The van der Waals surface area contributed by atoms with Crippen LogP contribution in [0.25, 0.3) is 32.6 Å². The summed E-state index contributed by atoms with van der Waals surface area (Å²) in [5.41, 5.74) is 3.90. The van der Waals surface area contributed by atoms with Crippen LogP contribution in [0.15, 0.2) is 70.9 Å². The van der Waals surface area contributed by atoms with Gasteiger partial charge >= 0.3 is 0 Å². The molecule has 0 bridgehead atoms. The zero-order valence-electron chi connectivity index (χ0n) is 16.9. The molecule has 1 aliphatic rings. The fourth-order valence-corrected chi connectivity index (χ4v) is 5.03. The van der Waals surface area contributed by atoms with E-state index < -0.39 is 0 Å². The molecule has 0 spiro atoms. The van der Waals surface area contributed by atoms with Gasteiger partial charge in [-0.25, -0.2) is 0 Å². The maximum atomic E-state index is 11.3. The molecule has 158 valence electrons. The lowest BCUT2D eigenvalue weighted by molar-refractivity contribution is -0.116. The van der Waals surface area contributed by atoms with Gasteiger partial charge in [0.05, 0.1) is 21.7 Å². The van der Waals surface area contributed by atoms with Crippen molar-refractivity contribution in [3.05, 3.63) is 65.5 Å². The van der Waals surface area contributed by atoms with Crippen LogP contribution in [0.1, 0.15) is 11.8 Å². The smallest absolute Gasteiger partial charge is 0.236 e. The molecule has 9 heteroatoms. The van der Waals surface area contributed by atoms with Gasteiger partial charge in [0, 0.05) is 11.1 Å². The topological polar surface area (TPSA) is 99.8 Å². The summed E-state index contributed by atoms with van der Waals surface area (Å²) in [6, 6.07) is 19.6. The van der Waals surface area contributed by atoms with Crippen molar-refractivity contribution < 1.29 is 9.90 Å². The summed E-state index contributed by atoms with van der Waals surface area (Å²) >= 11 is 2.61. The van der Waals surface area contributed by atoms with Crippen LogP contribution in [-0.2, 0) is 4.79 Å². The van der Waals surface area contributed by atoms with Gasteiger partial charge in [0.15, 0.2) is 10.00 Å². The number of rotatable bonds is 4. The van der Waals surface area contributed by atoms with E-state index >= 15 is 0 Å². The molecule has 2 aromatic carbocycles. The molecular formula is C23H17N5O2S2. The van der Waals surface area contributed by atoms with Gasteiger partial charge in [-0.2, -0.15) is 5.10 Å². The first-order valence-corrected chi connectivity index (χ1v) is 11.6. The van der Waals surface area contributed by atoms with Gasteiger partial charge < -0.3 is 10.4 Å². The fraction of sp³-hybridized carbons (Fsp3) is 0.0870. The van der Waals surface area contributed by atoms with Gasteiger partial charge in [0.2, 0.25) is 5.91 Å². The number of thioether (sulfide) groups is 1. The third-order valence-corrected chi connectivity index (χ3v) is 6.94. The van der Waals surface area contributed by atoms with E-state index in [1.54, 1.807) is 6.92 Å². The zero-order valence-corrected chi connectivity index (χ0v) is 18.6. The van der Waals surface area contributed by atoms with E-state index in [0.717, 1.165) is 16.7 Å². The molecule has 0 saturated carbocycles. The summed E-state index contributed by atoms with van der Waals surface area (Å²) in [4.78, 5) is 12.5. The number of nitrogens with zero attached hydrogens (tertiary/aromatic N) is 4. The highest BCUT2D eigenvalue weighted by Gasteiger charge is 2.23. The molecular weight excluding hydrogens is 442 g/mol. The van der Waals surface area contributed by atoms with Crippen molar-refractivity contribution in [1.82, 2.24) is 15.5 Å². The van der Waals surface area contributed by atoms with Crippen LogP contribution in [-0.4, -0.2) is 37.8 Å². The van der Waals surface area contributed by atoms with Crippen LogP contribution in [0.5, 0.6) is 5.75 Å². The molecule has 3 heterocycles. The third-order valence-electron chi connectivity index (χ3n) is 4.91. The molecule has 2 aromatic heterocycles. The molecule has 32 heavy (non-hydrogen) atoms. The number of amides is 1. The summed E-state index contributed by atoms with van der Waals surface area (Å²) in [5, 5.41) is 32.2. The van der Waals surface area contributed by atoms with Crippen molar-refractivity contribution in [2.45, 2.75) is 6.92 Å². The quantitative estimate of drug-likeness (QED) is 0.341. The summed E-state index contributed by atoms with van der Waals surface area (Å²) in [7, 11) is 0. The van der Waals surface area contributed by atoms with E-state index in [4.69, 9.17) is 0 Å². The first kappa shape index (κ1) is 20.3. The Morgan fingerprint density at radius 2 is 1.72 bits per heavy atom. The second-order valence-corrected chi connectivity index (χ2v) is 9.01. The maximum absolute atomic E-state index is 11.3. The second kappa shape index (κ2) is 8.52. The normalized spacial score (nSPS) is 15.5. The van der Waals surface area contributed by atoms with Gasteiger partial charge in [-0.1, -0.05) is 72.4 Å². The summed E-state index contributed by atoms with van der Waals surface area (Å²) < 4.78 is 0. The molecule has 0 radical (unpaired) electrons. The number of carbonyl (C=O) groups excluding carboxylic acids is 1. The molecule has 2 N–H and O–H groups in total. The highest BCUT2D eigenvalue weighted by Crippen LogP contribution is 2.45. The minimum absolute atomic E-state index is 0.0949. The number of nitrogens with one attached hydrogen (secondary N) is 1. The molecule has 0 unspecified atom stereocenters. The molecule has 4 aromatic rings. The Morgan fingerprint density at radius 3 is 2.38 bits per heavy atom. The second-order valence-electron chi connectivity index (χ2n) is 7.04. The largest absolute Gasteiger partial charge is 0.506 e. The molecule has 1 aliphatic heterocycles.